The Bertz CT molecular complexity index is 711. The van der Waals surface area contributed by atoms with Gasteiger partial charge < -0.3 is 9.84 Å². The molecule has 4 heteroatoms. The predicted octanol–water partition coefficient (Wildman–Crippen LogP) is 3.83. The molecule has 114 valence electrons. The average Bonchev–Trinajstić information content (AvgIpc) is 2.55. The van der Waals surface area contributed by atoms with Crippen molar-refractivity contribution in [3.8, 4) is 5.75 Å². The second kappa shape index (κ2) is 6.11. The first-order chi connectivity index (χ1) is 10.6. The number of aliphatic hydroxyl groups is 1. The van der Waals surface area contributed by atoms with Gasteiger partial charge in [-0.3, -0.25) is 4.79 Å². The fraction of sp³-hybridized carbons (Fsp3) is 0.278. The molecule has 3 nitrogen and oxygen atoms in total. The summed E-state index contributed by atoms with van der Waals surface area (Å²) in [5.74, 6) is -0.130. The molecule has 2 atom stereocenters. The first-order valence-corrected chi connectivity index (χ1v) is 7.71. The highest BCUT2D eigenvalue weighted by Gasteiger charge is 2.35. The fourth-order valence-corrected chi connectivity index (χ4v) is 2.93. The molecule has 2 unspecified atom stereocenters. The van der Waals surface area contributed by atoms with E-state index >= 15 is 0 Å². The van der Waals surface area contributed by atoms with Crippen molar-refractivity contribution >= 4 is 17.4 Å². The second-order valence-corrected chi connectivity index (χ2v) is 5.90. The van der Waals surface area contributed by atoms with E-state index in [4.69, 9.17) is 16.3 Å². The Hall–Kier alpha value is -1.84. The van der Waals surface area contributed by atoms with Crippen LogP contribution in [-0.2, 0) is 6.42 Å². The van der Waals surface area contributed by atoms with E-state index in [9.17, 15) is 9.90 Å². The minimum Gasteiger partial charge on any atom is -0.492 e. The van der Waals surface area contributed by atoms with E-state index in [-0.39, 0.29) is 12.4 Å². The molecule has 0 radical (unpaired) electrons. The molecule has 0 aliphatic carbocycles. The van der Waals surface area contributed by atoms with E-state index in [2.05, 4.69) is 0 Å². The smallest absolute Gasteiger partial charge is 0.172 e. The topological polar surface area (TPSA) is 46.5 Å². The van der Waals surface area contributed by atoms with Crippen LogP contribution in [0.3, 0.4) is 0 Å². The van der Waals surface area contributed by atoms with E-state index in [0.717, 1.165) is 12.0 Å². The van der Waals surface area contributed by atoms with Crippen LogP contribution in [0.4, 0.5) is 0 Å². The Kier molecular flexibility index (Phi) is 4.19. The third-order valence-electron chi connectivity index (χ3n) is 4.05. The Morgan fingerprint density at radius 1 is 1.32 bits per heavy atom. The van der Waals surface area contributed by atoms with E-state index < -0.39 is 12.0 Å². The molecule has 1 aliphatic heterocycles. The first kappa shape index (κ1) is 15.1. The average molecular weight is 317 g/mol. The highest BCUT2D eigenvalue weighted by atomic mass is 35.5. The molecule has 0 fully saturated rings. The van der Waals surface area contributed by atoms with Gasteiger partial charge in [-0.15, -0.1) is 0 Å². The van der Waals surface area contributed by atoms with Crippen LogP contribution >= 0.6 is 11.6 Å². The maximum Gasteiger partial charge on any atom is 0.172 e. The van der Waals surface area contributed by atoms with Gasteiger partial charge in [0.1, 0.15) is 12.4 Å². The zero-order chi connectivity index (χ0) is 15.7. The summed E-state index contributed by atoms with van der Waals surface area (Å²) in [7, 11) is 0. The number of rotatable bonds is 3. The van der Waals surface area contributed by atoms with Gasteiger partial charge in [0, 0.05) is 16.1 Å². The number of hydrogen-bond acceptors (Lipinski definition) is 3. The van der Waals surface area contributed by atoms with Crippen molar-refractivity contribution in [1.82, 2.24) is 0 Å². The molecule has 0 saturated carbocycles. The number of halogens is 1. The number of Topliss-reactive ketones (excluding diaryl/α,β-unsaturated/α-hetero) is 1. The van der Waals surface area contributed by atoms with Gasteiger partial charge in [-0.2, -0.15) is 0 Å². The molecule has 0 bridgehead atoms. The highest BCUT2D eigenvalue weighted by molar-refractivity contribution is 6.30. The number of aliphatic hydroxyl groups excluding tert-OH is 1. The molecule has 0 saturated heterocycles. The van der Waals surface area contributed by atoms with Crippen LogP contribution in [0.1, 0.15) is 34.5 Å². The van der Waals surface area contributed by atoms with Crippen LogP contribution in [0.25, 0.3) is 0 Å². The van der Waals surface area contributed by atoms with Crippen molar-refractivity contribution in [2.24, 2.45) is 5.92 Å². The number of carbonyl (C=O) groups excluding carboxylic acids is 1. The van der Waals surface area contributed by atoms with Gasteiger partial charge in [-0.25, -0.2) is 0 Å². The molecule has 22 heavy (non-hydrogen) atoms. The van der Waals surface area contributed by atoms with Gasteiger partial charge in [-0.1, -0.05) is 36.7 Å². The molecule has 2 aromatic rings. The first-order valence-electron chi connectivity index (χ1n) is 7.33. The molecule has 0 spiro atoms. The summed E-state index contributed by atoms with van der Waals surface area (Å²) in [4.78, 5) is 12.7. The van der Waals surface area contributed by atoms with Crippen LogP contribution < -0.4 is 4.74 Å². The van der Waals surface area contributed by atoms with Gasteiger partial charge in [0.05, 0.1) is 12.0 Å². The van der Waals surface area contributed by atoms with Crippen molar-refractivity contribution in [2.75, 3.05) is 6.61 Å². The molecule has 3 rings (SSSR count). The van der Waals surface area contributed by atoms with Crippen LogP contribution in [0, 0.1) is 5.92 Å². The normalized spacial score (nSPS) is 20.1. The number of benzene rings is 2. The maximum absolute atomic E-state index is 12.7. The third-order valence-corrected chi connectivity index (χ3v) is 4.28. The van der Waals surface area contributed by atoms with E-state index in [1.807, 2.05) is 25.1 Å². The molecule has 2 aromatic carbocycles. The van der Waals surface area contributed by atoms with Gasteiger partial charge >= 0.3 is 0 Å². The molecule has 1 aliphatic rings. The Morgan fingerprint density at radius 3 is 2.91 bits per heavy atom. The quantitative estimate of drug-likeness (QED) is 0.875. The van der Waals surface area contributed by atoms with Crippen molar-refractivity contribution in [1.29, 1.82) is 0 Å². The summed E-state index contributed by atoms with van der Waals surface area (Å²) >= 11 is 5.97. The lowest BCUT2D eigenvalue weighted by molar-refractivity contribution is 0.0418. The van der Waals surface area contributed by atoms with Crippen LogP contribution in [0.2, 0.25) is 5.02 Å². The number of carbonyl (C=O) groups is 1. The minimum atomic E-state index is -0.903. The number of hydrogen-bond donors (Lipinski definition) is 1. The molecule has 1 heterocycles. The van der Waals surface area contributed by atoms with E-state index in [1.165, 1.54) is 0 Å². The molecule has 1 N–H and O–H groups in total. The van der Waals surface area contributed by atoms with Gasteiger partial charge in [0.2, 0.25) is 0 Å². The largest absolute Gasteiger partial charge is 0.492 e. The summed E-state index contributed by atoms with van der Waals surface area (Å²) in [6, 6.07) is 12.6. The summed E-state index contributed by atoms with van der Waals surface area (Å²) in [5.41, 5.74) is 2.28. The third kappa shape index (κ3) is 2.74. The molecular weight excluding hydrogens is 300 g/mol. The zero-order valence-corrected chi connectivity index (χ0v) is 13.0. The number of ether oxygens (including phenoxy) is 1. The van der Waals surface area contributed by atoms with E-state index in [0.29, 0.717) is 21.9 Å². The van der Waals surface area contributed by atoms with Crippen molar-refractivity contribution < 1.29 is 14.6 Å². The lowest BCUT2D eigenvalue weighted by Crippen LogP contribution is -2.32. The second-order valence-electron chi connectivity index (χ2n) is 5.46. The van der Waals surface area contributed by atoms with Crippen LogP contribution in [0.15, 0.2) is 42.5 Å². The summed E-state index contributed by atoms with van der Waals surface area (Å²) < 4.78 is 5.62. The summed E-state index contributed by atoms with van der Waals surface area (Å²) in [6.07, 6.45) is -0.0382. The van der Waals surface area contributed by atoms with Crippen molar-refractivity contribution in [3.05, 3.63) is 64.2 Å². The van der Waals surface area contributed by atoms with E-state index in [1.54, 1.807) is 24.3 Å². The lowest BCUT2D eigenvalue weighted by atomic mass is 9.86. The monoisotopic (exact) mass is 316 g/mol. The fourth-order valence-electron chi connectivity index (χ4n) is 2.75. The SMILES string of the molecule is CCc1cccc(C(=O)C2COc3ccc(Cl)cc3C2O)c1. The number of aryl methyl sites for hydroxylation is 1. The van der Waals surface area contributed by atoms with Crippen molar-refractivity contribution in [3.63, 3.8) is 0 Å². The zero-order valence-electron chi connectivity index (χ0n) is 12.3. The van der Waals surface area contributed by atoms with Crippen molar-refractivity contribution in [2.45, 2.75) is 19.4 Å². The standard InChI is InChI=1S/C18H17ClO3/c1-2-11-4-3-5-12(8-11)17(20)15-10-22-16-7-6-13(19)9-14(16)18(15)21/h3-9,15,18,21H,2,10H2,1H3. The number of fused-ring (bicyclic) bond motifs is 1. The Labute approximate surface area is 134 Å². The predicted molar refractivity (Wildman–Crippen MR) is 85.5 cm³/mol. The maximum atomic E-state index is 12.7. The lowest BCUT2D eigenvalue weighted by Gasteiger charge is -2.29. The summed E-state index contributed by atoms with van der Waals surface area (Å²) in [5, 5.41) is 11.1. The van der Waals surface area contributed by atoms with Crippen LogP contribution in [0.5, 0.6) is 5.75 Å². The molecular formula is C18H17ClO3. The molecule has 0 amide bonds. The molecule has 0 aromatic heterocycles. The van der Waals surface area contributed by atoms with Gasteiger partial charge in [0.15, 0.2) is 5.78 Å². The van der Waals surface area contributed by atoms with Crippen LogP contribution in [-0.4, -0.2) is 17.5 Å². The number of ketones is 1. The van der Waals surface area contributed by atoms with Gasteiger partial charge in [0.25, 0.3) is 0 Å². The highest BCUT2D eigenvalue weighted by Crippen LogP contribution is 2.38. The minimum absolute atomic E-state index is 0.103. The Balaban J connectivity index is 1.90. The Morgan fingerprint density at radius 2 is 2.14 bits per heavy atom. The van der Waals surface area contributed by atoms with Gasteiger partial charge in [-0.05, 0) is 36.2 Å². The summed E-state index contributed by atoms with van der Waals surface area (Å²) in [6.45, 7) is 2.21.